The van der Waals surface area contributed by atoms with Crippen LogP contribution in [0.25, 0.3) is 0 Å². The van der Waals surface area contributed by atoms with E-state index in [4.69, 9.17) is 25.8 Å². The summed E-state index contributed by atoms with van der Waals surface area (Å²) in [5.74, 6) is 1.96. The van der Waals surface area contributed by atoms with Crippen LogP contribution < -0.4 is 14.2 Å². The van der Waals surface area contributed by atoms with Crippen molar-refractivity contribution in [3.05, 3.63) is 47.0 Å². The Balaban J connectivity index is 2.24. The monoisotopic (exact) mass is 347 g/mol. The van der Waals surface area contributed by atoms with Crippen molar-refractivity contribution in [2.75, 3.05) is 14.2 Å². The van der Waals surface area contributed by atoms with Crippen LogP contribution in [0.5, 0.6) is 17.2 Å². The average molecular weight is 348 g/mol. The normalized spacial score (nSPS) is 12.2. The number of halogens is 1. The molecule has 0 bridgehead atoms. The molecule has 0 saturated carbocycles. The lowest BCUT2D eigenvalue weighted by Crippen LogP contribution is -2.11. The number of aliphatic imine (C=N–C) groups is 1. The minimum atomic E-state index is 0.0650. The summed E-state index contributed by atoms with van der Waals surface area (Å²) in [7, 11) is 3.23. The molecule has 24 heavy (non-hydrogen) atoms. The maximum absolute atomic E-state index is 6.35. The average Bonchev–Trinajstić information content (AvgIpc) is 2.61. The zero-order valence-corrected chi connectivity index (χ0v) is 15.1. The molecule has 0 amide bonds. The van der Waals surface area contributed by atoms with Gasteiger partial charge in [-0.3, -0.25) is 4.99 Å². The van der Waals surface area contributed by atoms with E-state index in [9.17, 15) is 0 Å². The predicted molar refractivity (Wildman–Crippen MR) is 98.6 cm³/mol. The predicted octanol–water partition coefficient (Wildman–Crippen LogP) is 5.29. The molecule has 5 heteroatoms. The number of methoxy groups -OCH3 is 2. The van der Waals surface area contributed by atoms with Gasteiger partial charge in [-0.15, -0.1) is 0 Å². The Hall–Kier alpha value is -2.20. The Morgan fingerprint density at radius 1 is 1.12 bits per heavy atom. The van der Waals surface area contributed by atoms with Gasteiger partial charge in [0.1, 0.15) is 5.75 Å². The Morgan fingerprint density at radius 3 is 2.42 bits per heavy atom. The lowest BCUT2D eigenvalue weighted by atomic mass is 10.2. The molecule has 0 fully saturated rings. The molecule has 4 nitrogen and oxygen atoms in total. The molecule has 2 aromatic rings. The molecule has 0 spiro atoms. The molecule has 0 aliphatic heterocycles. The quantitative estimate of drug-likeness (QED) is 0.639. The fourth-order valence-electron chi connectivity index (χ4n) is 2.03. The number of benzene rings is 2. The molecule has 0 N–H and O–H groups in total. The first-order chi connectivity index (χ1) is 11.6. The van der Waals surface area contributed by atoms with E-state index < -0.39 is 0 Å². The second kappa shape index (κ2) is 8.60. The van der Waals surface area contributed by atoms with Crippen molar-refractivity contribution in [3.63, 3.8) is 0 Å². The number of rotatable bonds is 7. The lowest BCUT2D eigenvalue weighted by molar-refractivity contribution is 0.208. The highest BCUT2D eigenvalue weighted by molar-refractivity contribution is 6.32. The fourth-order valence-corrected chi connectivity index (χ4v) is 2.29. The van der Waals surface area contributed by atoms with E-state index in [1.54, 1.807) is 20.4 Å². The zero-order chi connectivity index (χ0) is 17.5. The third kappa shape index (κ3) is 4.65. The van der Waals surface area contributed by atoms with Gasteiger partial charge in [0.05, 0.1) is 31.0 Å². The molecule has 0 saturated heterocycles. The molecule has 2 aromatic carbocycles. The van der Waals surface area contributed by atoms with Gasteiger partial charge in [0.25, 0.3) is 0 Å². The maximum atomic E-state index is 6.35. The third-order valence-corrected chi connectivity index (χ3v) is 3.86. The Bertz CT molecular complexity index is 699. The third-order valence-electron chi connectivity index (χ3n) is 3.58. The van der Waals surface area contributed by atoms with Gasteiger partial charge in [-0.1, -0.05) is 18.5 Å². The highest BCUT2D eigenvalue weighted by Crippen LogP contribution is 2.37. The van der Waals surface area contributed by atoms with Gasteiger partial charge in [-0.2, -0.15) is 0 Å². The molecular weight excluding hydrogens is 326 g/mol. The summed E-state index contributed by atoms with van der Waals surface area (Å²) in [6.45, 7) is 4.05. The van der Waals surface area contributed by atoms with E-state index in [1.165, 1.54) is 0 Å². The number of ether oxygens (including phenoxy) is 3. The van der Waals surface area contributed by atoms with Crippen LogP contribution in [-0.4, -0.2) is 26.5 Å². The number of hydrogen-bond acceptors (Lipinski definition) is 4. The van der Waals surface area contributed by atoms with Crippen molar-refractivity contribution in [2.45, 2.75) is 26.4 Å². The Kier molecular flexibility index (Phi) is 6.50. The maximum Gasteiger partial charge on any atom is 0.180 e. The van der Waals surface area contributed by atoms with Crippen molar-refractivity contribution >= 4 is 23.5 Å². The van der Waals surface area contributed by atoms with Gasteiger partial charge in [0.15, 0.2) is 11.5 Å². The second-order valence-corrected chi connectivity index (χ2v) is 5.73. The minimum Gasteiger partial charge on any atom is -0.497 e. The first-order valence-electron chi connectivity index (χ1n) is 7.79. The van der Waals surface area contributed by atoms with Crippen LogP contribution >= 0.6 is 11.6 Å². The fraction of sp³-hybridized carbons (Fsp3) is 0.316. The van der Waals surface area contributed by atoms with Crippen LogP contribution in [0.2, 0.25) is 5.02 Å². The largest absolute Gasteiger partial charge is 0.497 e. The van der Waals surface area contributed by atoms with E-state index in [1.807, 2.05) is 43.3 Å². The molecule has 0 radical (unpaired) electrons. The lowest BCUT2D eigenvalue weighted by Gasteiger charge is -2.17. The standard InChI is InChI=1S/C19H22ClNO3/c1-5-13(2)24-19-17(20)10-14(11-18(19)23-4)12-21-15-6-8-16(22-3)9-7-15/h6-13H,5H2,1-4H3/t13-/m0/s1. The summed E-state index contributed by atoms with van der Waals surface area (Å²) in [6, 6.07) is 11.2. The van der Waals surface area contributed by atoms with Crippen LogP contribution in [-0.2, 0) is 0 Å². The van der Waals surface area contributed by atoms with E-state index in [-0.39, 0.29) is 6.10 Å². The van der Waals surface area contributed by atoms with E-state index in [2.05, 4.69) is 11.9 Å². The summed E-state index contributed by atoms with van der Waals surface area (Å²) >= 11 is 6.35. The Labute approximate surface area is 148 Å². The van der Waals surface area contributed by atoms with Crippen molar-refractivity contribution < 1.29 is 14.2 Å². The van der Waals surface area contributed by atoms with E-state index in [0.29, 0.717) is 16.5 Å². The minimum absolute atomic E-state index is 0.0650. The molecule has 0 unspecified atom stereocenters. The highest BCUT2D eigenvalue weighted by atomic mass is 35.5. The molecule has 2 rings (SSSR count). The first kappa shape index (κ1) is 18.1. The van der Waals surface area contributed by atoms with Crippen molar-refractivity contribution in [1.29, 1.82) is 0 Å². The topological polar surface area (TPSA) is 40.0 Å². The van der Waals surface area contributed by atoms with Crippen LogP contribution in [0, 0.1) is 0 Å². The molecule has 0 aliphatic carbocycles. The summed E-state index contributed by atoms with van der Waals surface area (Å²) in [4.78, 5) is 4.44. The van der Waals surface area contributed by atoms with Gasteiger partial charge < -0.3 is 14.2 Å². The highest BCUT2D eigenvalue weighted by Gasteiger charge is 2.13. The van der Waals surface area contributed by atoms with Crippen LogP contribution in [0.3, 0.4) is 0 Å². The van der Waals surface area contributed by atoms with E-state index >= 15 is 0 Å². The van der Waals surface area contributed by atoms with Crippen LogP contribution in [0.15, 0.2) is 41.4 Å². The zero-order valence-electron chi connectivity index (χ0n) is 14.4. The smallest absolute Gasteiger partial charge is 0.180 e. The van der Waals surface area contributed by atoms with Crippen LogP contribution in [0.4, 0.5) is 5.69 Å². The summed E-state index contributed by atoms with van der Waals surface area (Å²) in [6.07, 6.45) is 2.69. The molecule has 128 valence electrons. The second-order valence-electron chi connectivity index (χ2n) is 5.33. The molecule has 1 atom stereocenters. The van der Waals surface area contributed by atoms with Gasteiger partial charge in [0.2, 0.25) is 0 Å². The summed E-state index contributed by atoms with van der Waals surface area (Å²) in [5, 5.41) is 0.505. The molecule has 0 aliphatic rings. The molecule has 0 aromatic heterocycles. The van der Waals surface area contributed by atoms with Crippen LogP contribution in [0.1, 0.15) is 25.8 Å². The SMILES string of the molecule is CC[C@H](C)Oc1c(Cl)cc(C=Nc2ccc(OC)cc2)cc1OC. The van der Waals surface area contributed by atoms with Gasteiger partial charge in [-0.25, -0.2) is 0 Å². The Morgan fingerprint density at radius 2 is 1.83 bits per heavy atom. The van der Waals surface area contributed by atoms with Crippen molar-refractivity contribution in [2.24, 2.45) is 4.99 Å². The summed E-state index contributed by atoms with van der Waals surface area (Å²) in [5.41, 5.74) is 1.66. The summed E-state index contributed by atoms with van der Waals surface area (Å²) < 4.78 is 16.4. The van der Waals surface area contributed by atoms with Crippen molar-refractivity contribution in [1.82, 2.24) is 0 Å². The number of hydrogen-bond donors (Lipinski definition) is 0. The van der Waals surface area contributed by atoms with E-state index in [0.717, 1.165) is 23.4 Å². The van der Waals surface area contributed by atoms with Crippen molar-refractivity contribution in [3.8, 4) is 17.2 Å². The molecule has 0 heterocycles. The van der Waals surface area contributed by atoms with Gasteiger partial charge in [-0.05, 0) is 55.3 Å². The van der Waals surface area contributed by atoms with Gasteiger partial charge >= 0.3 is 0 Å². The number of nitrogens with zero attached hydrogens (tertiary/aromatic N) is 1. The molecular formula is C19H22ClNO3. The first-order valence-corrected chi connectivity index (χ1v) is 8.17. The van der Waals surface area contributed by atoms with Gasteiger partial charge in [0, 0.05) is 6.21 Å².